The van der Waals surface area contributed by atoms with Crippen molar-refractivity contribution in [2.75, 3.05) is 0 Å². The van der Waals surface area contributed by atoms with E-state index in [1.807, 2.05) is 24.3 Å². The minimum Gasteiger partial charge on any atom is -0.457 e. The molecule has 4 aromatic rings. The predicted molar refractivity (Wildman–Crippen MR) is 180 cm³/mol. The third-order valence-electron chi connectivity index (χ3n) is 11.0. The van der Waals surface area contributed by atoms with Crippen LogP contribution in [0.3, 0.4) is 0 Å². The number of nitrogens with zero attached hydrogens (tertiary/aromatic N) is 3. The van der Waals surface area contributed by atoms with Gasteiger partial charge < -0.3 is 8.98 Å². The molecule has 0 bridgehead atoms. The van der Waals surface area contributed by atoms with Gasteiger partial charge >= 0.3 is 0 Å². The highest BCUT2D eigenvalue weighted by Crippen LogP contribution is 2.57. The van der Waals surface area contributed by atoms with Gasteiger partial charge in [0.15, 0.2) is 0 Å². The zero-order valence-electron chi connectivity index (χ0n) is 25.7. The van der Waals surface area contributed by atoms with Gasteiger partial charge in [0.2, 0.25) is 0 Å². The lowest BCUT2D eigenvalue weighted by Crippen LogP contribution is -2.19. The number of allylic oxidation sites excluding steroid dienone is 10. The largest absolute Gasteiger partial charge is 0.457 e. The molecule has 0 saturated carbocycles. The first-order valence-electron chi connectivity index (χ1n) is 16.2. The topological polar surface area (TPSA) is 65.7 Å². The van der Waals surface area contributed by atoms with E-state index >= 15 is 0 Å². The summed E-state index contributed by atoms with van der Waals surface area (Å²) < 4.78 is 8.98. The Morgan fingerprint density at radius 1 is 0.867 bits per heavy atom. The number of aromatic nitrogens is 1. The fourth-order valence-corrected chi connectivity index (χ4v) is 8.98. The van der Waals surface area contributed by atoms with Crippen molar-refractivity contribution in [3.05, 3.63) is 122 Å². The van der Waals surface area contributed by atoms with E-state index in [2.05, 4.69) is 79.1 Å². The van der Waals surface area contributed by atoms with Gasteiger partial charge in [0.05, 0.1) is 33.9 Å². The van der Waals surface area contributed by atoms with Crippen LogP contribution in [-0.2, 0) is 12.8 Å². The van der Waals surface area contributed by atoms with Crippen LogP contribution in [0.2, 0.25) is 0 Å². The summed E-state index contributed by atoms with van der Waals surface area (Å²) in [6.07, 6.45) is 18.4. The van der Waals surface area contributed by atoms with Crippen LogP contribution in [0.1, 0.15) is 74.2 Å². The van der Waals surface area contributed by atoms with Crippen molar-refractivity contribution < 1.29 is 4.42 Å². The van der Waals surface area contributed by atoms with Crippen molar-refractivity contribution in [1.29, 1.82) is 10.5 Å². The first kappa shape index (κ1) is 26.4. The van der Waals surface area contributed by atoms with Crippen LogP contribution in [0.15, 0.2) is 98.5 Å². The number of para-hydroxylation sites is 1. The van der Waals surface area contributed by atoms with Crippen molar-refractivity contribution in [2.45, 2.75) is 58.8 Å². The summed E-state index contributed by atoms with van der Waals surface area (Å²) in [5.74, 6) is 2.54. The van der Waals surface area contributed by atoms with E-state index in [9.17, 15) is 10.5 Å². The van der Waals surface area contributed by atoms with Gasteiger partial charge in [-0.2, -0.15) is 10.5 Å². The first-order valence-corrected chi connectivity index (χ1v) is 16.2. The zero-order chi connectivity index (χ0) is 30.4. The molecule has 0 aliphatic heterocycles. The standard InChI is InChI=1S/C41H33N3O/c1-41(2)34-12-5-3-9-28(34)31-20-33-30-16-15-25(19-38(30)45-39(33)21-35(31)41)27-11-7-8-26(23-43)40(27)44-36-13-6-4-10-29(36)32-18-24(22-42)14-17-37(32)44/h4-6,8,10,12-14,17-19,21,31H,3,7,9,11,15-16,20H2,1-2H3. The van der Waals surface area contributed by atoms with Crippen molar-refractivity contribution in [2.24, 2.45) is 11.3 Å². The van der Waals surface area contributed by atoms with Crippen LogP contribution in [0.4, 0.5) is 0 Å². The summed E-state index contributed by atoms with van der Waals surface area (Å²) in [5, 5.41) is 22.2. The summed E-state index contributed by atoms with van der Waals surface area (Å²) in [5.41, 5.74) is 14.4. The highest BCUT2D eigenvalue weighted by atomic mass is 16.3. The lowest BCUT2D eigenvalue weighted by atomic mass is 9.74. The fourth-order valence-electron chi connectivity index (χ4n) is 8.98. The quantitative estimate of drug-likeness (QED) is 0.236. The molecule has 0 amide bonds. The van der Waals surface area contributed by atoms with E-state index in [4.69, 9.17) is 4.42 Å². The molecular formula is C41H33N3O. The van der Waals surface area contributed by atoms with E-state index in [0.717, 1.165) is 77.5 Å². The Morgan fingerprint density at radius 3 is 2.58 bits per heavy atom. The van der Waals surface area contributed by atoms with Gasteiger partial charge in [-0.3, -0.25) is 0 Å². The van der Waals surface area contributed by atoms with Crippen molar-refractivity contribution >= 4 is 39.7 Å². The maximum absolute atomic E-state index is 10.4. The molecule has 5 aliphatic carbocycles. The van der Waals surface area contributed by atoms with E-state index in [-0.39, 0.29) is 5.41 Å². The van der Waals surface area contributed by atoms with Gasteiger partial charge in [0, 0.05) is 33.2 Å². The number of nitriles is 2. The monoisotopic (exact) mass is 583 g/mol. The average Bonchev–Trinajstić information content (AvgIpc) is 3.68. The molecule has 2 aromatic heterocycles. The van der Waals surface area contributed by atoms with Crippen molar-refractivity contribution in [1.82, 2.24) is 4.57 Å². The van der Waals surface area contributed by atoms with Crippen molar-refractivity contribution in [3.8, 4) is 12.1 Å². The molecule has 0 saturated heterocycles. The maximum Gasteiger partial charge on any atom is 0.131 e. The maximum atomic E-state index is 10.4. The van der Waals surface area contributed by atoms with E-state index in [1.54, 1.807) is 5.57 Å². The molecule has 2 aromatic carbocycles. The third kappa shape index (κ3) is 3.63. The predicted octanol–water partition coefficient (Wildman–Crippen LogP) is 9.99. The normalized spacial score (nSPS) is 21.4. The van der Waals surface area contributed by atoms with Crippen LogP contribution >= 0.6 is 0 Å². The molecule has 0 radical (unpaired) electrons. The molecule has 0 N–H and O–H groups in total. The second kappa shape index (κ2) is 9.47. The number of benzene rings is 2. The summed E-state index contributed by atoms with van der Waals surface area (Å²) in [6.45, 7) is 4.76. The Hall–Kier alpha value is -5.06. The lowest BCUT2D eigenvalue weighted by Gasteiger charge is -2.29. The van der Waals surface area contributed by atoms with Gasteiger partial charge in [0.25, 0.3) is 0 Å². The molecule has 45 heavy (non-hydrogen) atoms. The van der Waals surface area contributed by atoms with E-state index in [1.165, 1.54) is 39.8 Å². The molecular weight excluding hydrogens is 550 g/mol. The molecule has 0 fully saturated rings. The molecule has 4 nitrogen and oxygen atoms in total. The van der Waals surface area contributed by atoms with Gasteiger partial charge in [-0.15, -0.1) is 0 Å². The molecule has 4 heteroatoms. The smallest absolute Gasteiger partial charge is 0.131 e. The highest BCUT2D eigenvalue weighted by molar-refractivity contribution is 6.11. The third-order valence-corrected chi connectivity index (χ3v) is 11.0. The number of hydrogen-bond acceptors (Lipinski definition) is 3. The Kier molecular flexibility index (Phi) is 5.54. The van der Waals surface area contributed by atoms with Crippen LogP contribution in [0.25, 0.3) is 39.7 Å². The first-order chi connectivity index (χ1) is 22.0. The van der Waals surface area contributed by atoms with E-state index < -0.39 is 0 Å². The van der Waals surface area contributed by atoms with Crippen molar-refractivity contribution in [3.63, 3.8) is 0 Å². The van der Waals surface area contributed by atoms with Gasteiger partial charge in [-0.05, 0) is 104 Å². The van der Waals surface area contributed by atoms with Gasteiger partial charge in [-0.25, -0.2) is 0 Å². The Balaban J connectivity index is 1.20. The summed E-state index contributed by atoms with van der Waals surface area (Å²) in [4.78, 5) is 0. The minimum absolute atomic E-state index is 0.0427. The van der Waals surface area contributed by atoms with Crippen LogP contribution in [0.5, 0.6) is 0 Å². The molecule has 1 atom stereocenters. The van der Waals surface area contributed by atoms with Crippen LogP contribution < -0.4 is 0 Å². The van der Waals surface area contributed by atoms with Gasteiger partial charge in [-0.1, -0.05) is 55.8 Å². The SMILES string of the molecule is CC1(C)C2=Cc3oc4c(c3CC2C2=C1C=CCC2)CCC(C1=C(n2c3ccccc3c3cc(C#N)ccc32)C(C#N)=CCC1)=C4. The highest BCUT2D eigenvalue weighted by Gasteiger charge is 2.45. The van der Waals surface area contributed by atoms with E-state index in [0.29, 0.717) is 17.1 Å². The molecule has 5 aliphatic rings. The summed E-state index contributed by atoms with van der Waals surface area (Å²) in [7, 11) is 0. The van der Waals surface area contributed by atoms with Crippen LogP contribution in [0, 0.1) is 34.0 Å². The summed E-state index contributed by atoms with van der Waals surface area (Å²) >= 11 is 0. The Bertz CT molecular complexity index is 2290. The van der Waals surface area contributed by atoms with Gasteiger partial charge in [0.1, 0.15) is 17.6 Å². The second-order valence-electron chi connectivity index (χ2n) is 13.6. The average molecular weight is 584 g/mol. The Labute approximate surface area is 263 Å². The van der Waals surface area contributed by atoms with Crippen LogP contribution in [-0.4, -0.2) is 4.57 Å². The lowest BCUT2D eigenvalue weighted by molar-refractivity contribution is 0.504. The number of furan rings is 1. The number of rotatable bonds is 2. The number of fused-ring (bicyclic) bond motifs is 8. The molecule has 9 rings (SSSR count). The number of hydrogen-bond donors (Lipinski definition) is 0. The molecule has 0 spiro atoms. The molecule has 1 unspecified atom stereocenters. The second-order valence-corrected chi connectivity index (χ2v) is 13.6. The molecule has 218 valence electrons. The fraction of sp³-hybridized carbons (Fsp3) is 0.268. The minimum atomic E-state index is 0.0427. The molecule has 2 heterocycles. The Morgan fingerprint density at radius 2 is 1.71 bits per heavy atom. The summed E-state index contributed by atoms with van der Waals surface area (Å²) in [6, 6.07) is 19.0. The zero-order valence-corrected chi connectivity index (χ0v) is 25.7.